The Morgan fingerprint density at radius 2 is 2.03 bits per heavy atom. The summed E-state index contributed by atoms with van der Waals surface area (Å²) in [7, 11) is 3.32. The first-order valence-corrected chi connectivity index (χ1v) is 11.8. The highest BCUT2D eigenvalue weighted by Crippen LogP contribution is 2.29. The number of nitrogens with zero attached hydrogens (tertiary/aromatic N) is 7. The Morgan fingerprint density at radius 3 is 2.78 bits per heavy atom. The first kappa shape index (κ1) is 24.4. The lowest BCUT2D eigenvalue weighted by molar-refractivity contribution is 0.0587. The number of fused-ring (bicyclic) bond motifs is 5. The van der Waals surface area contributed by atoms with Gasteiger partial charge in [0.05, 0.1) is 25.1 Å². The van der Waals surface area contributed by atoms with Gasteiger partial charge in [-0.1, -0.05) is 0 Å². The second-order valence-corrected chi connectivity index (χ2v) is 10.0. The molecule has 1 atom stereocenters. The molecule has 194 valence electrons. The van der Waals surface area contributed by atoms with Gasteiger partial charge < -0.3 is 20.1 Å². The number of aryl methyl sites for hydroxylation is 1. The Hall–Kier alpha value is -4.26. The summed E-state index contributed by atoms with van der Waals surface area (Å²) < 4.78 is 12.9. The van der Waals surface area contributed by atoms with Gasteiger partial charge in [0.2, 0.25) is 0 Å². The van der Waals surface area contributed by atoms with Crippen molar-refractivity contribution < 1.29 is 19.1 Å². The molecule has 0 spiro atoms. The van der Waals surface area contributed by atoms with E-state index in [2.05, 4.69) is 30.9 Å². The molecule has 4 heterocycles. The third-order valence-electron chi connectivity index (χ3n) is 5.63. The summed E-state index contributed by atoms with van der Waals surface area (Å²) in [6, 6.07) is 5.23. The van der Waals surface area contributed by atoms with Crippen molar-refractivity contribution in [2.45, 2.75) is 45.9 Å². The SMILES string of the molecule is C[C@@H]1COCc2cc(c3nn(C)nc3c2)Nc2cc(N(C)C(=O)OC(C)(C)C)n3ncc(c3n2)C(=O)N1. The van der Waals surface area contributed by atoms with Crippen LogP contribution in [0, 0.1) is 0 Å². The van der Waals surface area contributed by atoms with Gasteiger partial charge in [0.15, 0.2) is 5.65 Å². The first-order valence-electron chi connectivity index (χ1n) is 11.8. The number of rotatable bonds is 1. The molecule has 13 nitrogen and oxygen atoms in total. The molecule has 3 aromatic heterocycles. The molecule has 1 aromatic carbocycles. The summed E-state index contributed by atoms with van der Waals surface area (Å²) >= 11 is 0. The van der Waals surface area contributed by atoms with Crippen molar-refractivity contribution in [1.29, 1.82) is 0 Å². The number of carbonyl (C=O) groups excluding carboxylic acids is 2. The number of anilines is 3. The van der Waals surface area contributed by atoms with Gasteiger partial charge >= 0.3 is 6.09 Å². The quantitative estimate of drug-likeness (QED) is 0.398. The van der Waals surface area contributed by atoms with Gasteiger partial charge in [-0.05, 0) is 45.4 Å². The average Bonchev–Trinajstić information content (AvgIpc) is 3.39. The van der Waals surface area contributed by atoms with Gasteiger partial charge in [-0.15, -0.1) is 0 Å². The molecule has 2 amide bonds. The van der Waals surface area contributed by atoms with Crippen LogP contribution in [0.3, 0.4) is 0 Å². The maximum atomic E-state index is 13.1. The highest BCUT2D eigenvalue weighted by molar-refractivity contribution is 6.01. The Morgan fingerprint density at radius 1 is 1.24 bits per heavy atom. The molecule has 1 aliphatic heterocycles. The molecule has 4 bridgehead atoms. The van der Waals surface area contributed by atoms with Crippen molar-refractivity contribution in [3.63, 3.8) is 0 Å². The molecule has 5 rings (SSSR count). The summed E-state index contributed by atoms with van der Waals surface area (Å²) in [5.41, 5.74) is 2.69. The van der Waals surface area contributed by atoms with Crippen LogP contribution in [0.25, 0.3) is 16.7 Å². The van der Waals surface area contributed by atoms with E-state index in [0.29, 0.717) is 41.6 Å². The lowest BCUT2D eigenvalue weighted by Crippen LogP contribution is -2.36. The van der Waals surface area contributed by atoms with Gasteiger partial charge in [-0.2, -0.15) is 24.6 Å². The van der Waals surface area contributed by atoms with Crippen LogP contribution in [0.1, 0.15) is 43.6 Å². The number of ether oxygens (including phenoxy) is 2. The van der Waals surface area contributed by atoms with E-state index in [-0.39, 0.29) is 23.2 Å². The van der Waals surface area contributed by atoms with Gasteiger partial charge in [-0.25, -0.2) is 9.78 Å². The second-order valence-electron chi connectivity index (χ2n) is 10.0. The lowest BCUT2D eigenvalue weighted by Gasteiger charge is -2.25. The fourth-order valence-electron chi connectivity index (χ4n) is 4.03. The smallest absolute Gasteiger partial charge is 0.415 e. The third-order valence-corrected chi connectivity index (χ3v) is 5.63. The molecule has 1 aliphatic rings. The number of hydrogen-bond donors (Lipinski definition) is 2. The van der Waals surface area contributed by atoms with Crippen LogP contribution in [0.2, 0.25) is 0 Å². The minimum Gasteiger partial charge on any atom is -0.443 e. The van der Waals surface area contributed by atoms with E-state index in [1.165, 1.54) is 20.4 Å². The van der Waals surface area contributed by atoms with E-state index in [9.17, 15) is 9.59 Å². The van der Waals surface area contributed by atoms with E-state index in [1.54, 1.807) is 40.9 Å². The fraction of sp³-hybridized carbons (Fsp3) is 0.417. The highest BCUT2D eigenvalue weighted by atomic mass is 16.6. The zero-order valence-electron chi connectivity index (χ0n) is 21.6. The minimum atomic E-state index is -0.697. The Bertz CT molecular complexity index is 1520. The Kier molecular flexibility index (Phi) is 5.94. The molecular formula is C24H29N9O4. The zero-order chi connectivity index (χ0) is 26.5. The van der Waals surface area contributed by atoms with Crippen LogP contribution in [0.15, 0.2) is 24.4 Å². The molecule has 0 saturated heterocycles. The minimum absolute atomic E-state index is 0.254. The monoisotopic (exact) mass is 507 g/mol. The van der Waals surface area contributed by atoms with Crippen molar-refractivity contribution in [3.8, 4) is 0 Å². The highest BCUT2D eigenvalue weighted by Gasteiger charge is 2.26. The van der Waals surface area contributed by atoms with E-state index in [1.807, 2.05) is 19.1 Å². The van der Waals surface area contributed by atoms with E-state index >= 15 is 0 Å². The molecule has 0 saturated carbocycles. The van der Waals surface area contributed by atoms with Crippen LogP contribution >= 0.6 is 0 Å². The van der Waals surface area contributed by atoms with Gasteiger partial charge in [0, 0.05) is 26.2 Å². The van der Waals surface area contributed by atoms with Gasteiger partial charge in [0.1, 0.15) is 33.8 Å². The lowest BCUT2D eigenvalue weighted by atomic mass is 10.1. The number of benzene rings is 1. The third kappa shape index (κ3) is 4.89. The number of aromatic nitrogens is 6. The standard InChI is InChI=1S/C24H29N9O4/c1-13-11-36-12-14-7-16(20-17(8-14)29-32(6)30-20)27-18-9-19(31(5)23(35)37-24(2,3)4)33-21(28-18)15(10-25-33)22(34)26-13/h7-10,13H,11-12H2,1-6H3,(H,26,34)(H,27,28)/t13-/m1/s1. The largest absolute Gasteiger partial charge is 0.443 e. The van der Waals surface area contributed by atoms with Crippen molar-refractivity contribution in [3.05, 3.63) is 35.5 Å². The second kappa shape index (κ2) is 9.00. The zero-order valence-corrected chi connectivity index (χ0v) is 21.6. The average molecular weight is 508 g/mol. The van der Waals surface area contributed by atoms with Crippen molar-refractivity contribution in [2.24, 2.45) is 7.05 Å². The molecule has 2 N–H and O–H groups in total. The van der Waals surface area contributed by atoms with Crippen molar-refractivity contribution >= 4 is 46.0 Å². The molecular weight excluding hydrogens is 478 g/mol. The van der Waals surface area contributed by atoms with Crippen molar-refractivity contribution in [2.75, 3.05) is 23.9 Å². The number of nitrogens with one attached hydrogen (secondary N) is 2. The predicted molar refractivity (Wildman–Crippen MR) is 136 cm³/mol. The maximum Gasteiger partial charge on any atom is 0.415 e. The number of carbonyl (C=O) groups is 2. The topological polar surface area (TPSA) is 141 Å². The van der Waals surface area contributed by atoms with E-state index in [4.69, 9.17) is 9.47 Å². The summed E-state index contributed by atoms with van der Waals surface area (Å²) in [6.45, 7) is 7.85. The maximum absolute atomic E-state index is 13.1. The van der Waals surface area contributed by atoms with Crippen LogP contribution in [0.4, 0.5) is 22.1 Å². The van der Waals surface area contributed by atoms with Crippen LogP contribution in [0.5, 0.6) is 0 Å². The van der Waals surface area contributed by atoms with Gasteiger partial charge in [0.25, 0.3) is 5.91 Å². The summed E-state index contributed by atoms with van der Waals surface area (Å²) in [6.07, 6.45) is 0.848. The van der Waals surface area contributed by atoms with Crippen molar-refractivity contribution in [1.82, 2.24) is 34.9 Å². The van der Waals surface area contributed by atoms with Crippen LogP contribution in [-0.4, -0.2) is 66.9 Å². The molecule has 0 aliphatic carbocycles. The van der Waals surface area contributed by atoms with Crippen LogP contribution in [-0.2, 0) is 23.1 Å². The molecule has 0 unspecified atom stereocenters. The summed E-state index contributed by atoms with van der Waals surface area (Å²) in [5.74, 6) is 0.381. The summed E-state index contributed by atoms with van der Waals surface area (Å²) in [5, 5.41) is 19.5. The van der Waals surface area contributed by atoms with E-state index in [0.717, 1.165) is 5.56 Å². The number of hydrogen-bond acceptors (Lipinski definition) is 9. The summed E-state index contributed by atoms with van der Waals surface area (Å²) in [4.78, 5) is 33.6. The van der Waals surface area contributed by atoms with E-state index < -0.39 is 11.7 Å². The normalized spacial score (nSPS) is 16.4. The van der Waals surface area contributed by atoms with Crippen LogP contribution < -0.4 is 15.5 Å². The molecule has 4 aromatic rings. The molecule has 0 fully saturated rings. The Balaban J connectivity index is 1.69. The molecule has 0 radical (unpaired) electrons. The number of amides is 2. The fourth-order valence-corrected chi connectivity index (χ4v) is 4.03. The first-order chi connectivity index (χ1) is 17.5. The molecule has 13 heteroatoms. The van der Waals surface area contributed by atoms with Gasteiger partial charge in [-0.3, -0.25) is 9.69 Å². The predicted octanol–water partition coefficient (Wildman–Crippen LogP) is 2.77. The molecule has 37 heavy (non-hydrogen) atoms. The Labute approximate surface area is 212 Å².